The quantitative estimate of drug-likeness (QED) is 0.450. The van der Waals surface area contributed by atoms with Gasteiger partial charge >= 0.3 is 11.9 Å². The van der Waals surface area contributed by atoms with Gasteiger partial charge in [0, 0.05) is 0 Å². The van der Waals surface area contributed by atoms with Crippen LogP contribution in [0.4, 0.5) is 0 Å². The van der Waals surface area contributed by atoms with Gasteiger partial charge in [-0.05, 0) is 38.5 Å². The maximum atomic E-state index is 12.0. The first-order valence-electron chi connectivity index (χ1n) is 6.41. The summed E-state index contributed by atoms with van der Waals surface area (Å²) in [5.74, 6) is -1.77. The Kier molecular flexibility index (Phi) is 4.93. The van der Waals surface area contributed by atoms with Crippen molar-refractivity contribution in [2.24, 2.45) is 11.3 Å². The summed E-state index contributed by atoms with van der Waals surface area (Å²) in [6.45, 7) is 5.63. The van der Waals surface area contributed by atoms with Gasteiger partial charge in [0.25, 0.3) is 0 Å². The van der Waals surface area contributed by atoms with Crippen molar-refractivity contribution in [3.8, 4) is 0 Å². The lowest BCUT2D eigenvalue weighted by molar-refractivity contribution is -0.172. The Morgan fingerprint density at radius 1 is 1.39 bits per heavy atom. The predicted molar refractivity (Wildman–Crippen MR) is 68.1 cm³/mol. The molecule has 0 spiro atoms. The SMILES string of the molecule is C=C(C)CCC(C(=O)O)(C(=O)OC)C1CCCC1. The Hall–Kier alpha value is -1.32. The van der Waals surface area contributed by atoms with E-state index in [9.17, 15) is 14.7 Å². The van der Waals surface area contributed by atoms with Crippen LogP contribution in [-0.4, -0.2) is 24.2 Å². The van der Waals surface area contributed by atoms with Crippen molar-refractivity contribution >= 4 is 11.9 Å². The highest BCUT2D eigenvalue weighted by atomic mass is 16.5. The fourth-order valence-electron chi connectivity index (χ4n) is 2.85. The molecule has 1 N–H and O–H groups in total. The highest BCUT2D eigenvalue weighted by Crippen LogP contribution is 2.44. The molecule has 18 heavy (non-hydrogen) atoms. The molecule has 0 aromatic carbocycles. The van der Waals surface area contributed by atoms with Crippen molar-refractivity contribution in [2.45, 2.75) is 45.4 Å². The second-order valence-electron chi connectivity index (χ2n) is 5.21. The van der Waals surface area contributed by atoms with Gasteiger partial charge in [0.1, 0.15) is 0 Å². The molecule has 0 radical (unpaired) electrons. The number of hydrogen-bond donors (Lipinski definition) is 1. The number of methoxy groups -OCH3 is 1. The number of carbonyl (C=O) groups excluding carboxylic acids is 1. The third-order valence-electron chi connectivity index (χ3n) is 3.93. The van der Waals surface area contributed by atoms with Crippen LogP contribution in [0.5, 0.6) is 0 Å². The van der Waals surface area contributed by atoms with Gasteiger partial charge in [0.05, 0.1) is 7.11 Å². The second-order valence-corrected chi connectivity index (χ2v) is 5.21. The molecular formula is C14H22O4. The van der Waals surface area contributed by atoms with Gasteiger partial charge < -0.3 is 9.84 Å². The summed E-state index contributed by atoms with van der Waals surface area (Å²) in [6, 6.07) is 0. The van der Waals surface area contributed by atoms with E-state index >= 15 is 0 Å². The van der Waals surface area contributed by atoms with Gasteiger partial charge in [-0.25, -0.2) is 0 Å². The number of allylic oxidation sites excluding steroid dienone is 1. The Labute approximate surface area is 108 Å². The zero-order valence-corrected chi connectivity index (χ0v) is 11.2. The molecule has 102 valence electrons. The molecule has 4 nitrogen and oxygen atoms in total. The summed E-state index contributed by atoms with van der Waals surface area (Å²) in [6.07, 6.45) is 4.38. The van der Waals surface area contributed by atoms with E-state index in [0.717, 1.165) is 31.3 Å². The van der Waals surface area contributed by atoms with Crippen LogP contribution >= 0.6 is 0 Å². The van der Waals surface area contributed by atoms with Gasteiger partial charge in [-0.1, -0.05) is 18.4 Å². The third kappa shape index (κ3) is 2.74. The summed E-state index contributed by atoms with van der Waals surface area (Å²) in [5.41, 5.74) is -0.493. The molecule has 0 amide bonds. The smallest absolute Gasteiger partial charge is 0.323 e. The third-order valence-corrected chi connectivity index (χ3v) is 3.93. The molecule has 1 aliphatic carbocycles. The molecular weight excluding hydrogens is 232 g/mol. The van der Waals surface area contributed by atoms with Crippen LogP contribution in [0.1, 0.15) is 45.4 Å². The molecule has 0 aliphatic heterocycles. The molecule has 0 aromatic heterocycles. The van der Waals surface area contributed by atoms with Gasteiger partial charge in [-0.3, -0.25) is 9.59 Å². The zero-order chi connectivity index (χ0) is 13.8. The lowest BCUT2D eigenvalue weighted by atomic mass is 9.70. The largest absolute Gasteiger partial charge is 0.480 e. The first-order chi connectivity index (χ1) is 8.45. The first-order valence-corrected chi connectivity index (χ1v) is 6.41. The average molecular weight is 254 g/mol. The second kappa shape index (κ2) is 6.03. The lowest BCUT2D eigenvalue weighted by Crippen LogP contribution is -2.45. The molecule has 1 unspecified atom stereocenters. The van der Waals surface area contributed by atoms with Gasteiger partial charge in [-0.15, -0.1) is 6.58 Å². The first kappa shape index (κ1) is 14.7. The van der Waals surface area contributed by atoms with Crippen molar-refractivity contribution in [3.63, 3.8) is 0 Å². The van der Waals surface area contributed by atoms with Gasteiger partial charge in [0.15, 0.2) is 5.41 Å². The summed E-state index contributed by atoms with van der Waals surface area (Å²) in [5, 5.41) is 9.57. The van der Waals surface area contributed by atoms with Crippen molar-refractivity contribution in [3.05, 3.63) is 12.2 Å². The molecule has 0 bridgehead atoms. The highest BCUT2D eigenvalue weighted by Gasteiger charge is 2.53. The van der Waals surface area contributed by atoms with E-state index in [1.165, 1.54) is 7.11 Å². The highest BCUT2D eigenvalue weighted by molar-refractivity contribution is 5.99. The fourth-order valence-corrected chi connectivity index (χ4v) is 2.85. The maximum absolute atomic E-state index is 12.0. The van der Waals surface area contributed by atoms with E-state index in [4.69, 9.17) is 4.74 Å². The number of aliphatic carboxylic acids is 1. The topological polar surface area (TPSA) is 63.6 Å². The van der Waals surface area contributed by atoms with Crippen LogP contribution in [0, 0.1) is 11.3 Å². The van der Waals surface area contributed by atoms with Crippen LogP contribution in [0.15, 0.2) is 12.2 Å². The minimum absolute atomic E-state index is 0.109. The van der Waals surface area contributed by atoms with E-state index in [2.05, 4.69) is 6.58 Å². The number of carbonyl (C=O) groups is 2. The molecule has 1 rings (SSSR count). The molecule has 1 aliphatic rings. The number of ether oxygens (including phenoxy) is 1. The standard InChI is InChI=1S/C14H22O4/c1-10(2)8-9-14(12(15)16,13(17)18-3)11-6-4-5-7-11/h11H,1,4-9H2,2-3H3,(H,15,16). The molecule has 0 heterocycles. The fraction of sp³-hybridized carbons (Fsp3) is 0.714. The average Bonchev–Trinajstić information content (AvgIpc) is 2.82. The van der Waals surface area contributed by atoms with E-state index in [-0.39, 0.29) is 12.3 Å². The summed E-state index contributed by atoms with van der Waals surface area (Å²) < 4.78 is 4.77. The molecule has 0 saturated heterocycles. The minimum Gasteiger partial charge on any atom is -0.480 e. The van der Waals surface area contributed by atoms with Crippen molar-refractivity contribution < 1.29 is 19.4 Å². The van der Waals surface area contributed by atoms with Crippen LogP contribution in [-0.2, 0) is 14.3 Å². The van der Waals surface area contributed by atoms with E-state index in [1.807, 2.05) is 6.92 Å². The van der Waals surface area contributed by atoms with Crippen molar-refractivity contribution in [2.75, 3.05) is 7.11 Å². The van der Waals surface area contributed by atoms with Crippen LogP contribution < -0.4 is 0 Å². The molecule has 1 fully saturated rings. The zero-order valence-electron chi connectivity index (χ0n) is 11.2. The maximum Gasteiger partial charge on any atom is 0.323 e. The predicted octanol–water partition coefficient (Wildman–Crippen LogP) is 2.78. The minimum atomic E-state index is -1.38. The monoisotopic (exact) mass is 254 g/mol. The van der Waals surface area contributed by atoms with E-state index < -0.39 is 17.4 Å². The van der Waals surface area contributed by atoms with Crippen molar-refractivity contribution in [1.82, 2.24) is 0 Å². The summed E-state index contributed by atoms with van der Waals surface area (Å²) in [4.78, 5) is 23.7. The van der Waals surface area contributed by atoms with E-state index in [1.54, 1.807) is 0 Å². The van der Waals surface area contributed by atoms with Crippen LogP contribution in [0.3, 0.4) is 0 Å². The molecule has 4 heteroatoms. The van der Waals surface area contributed by atoms with Crippen LogP contribution in [0.2, 0.25) is 0 Å². The Morgan fingerprint density at radius 3 is 2.33 bits per heavy atom. The van der Waals surface area contributed by atoms with Gasteiger partial charge in [0.2, 0.25) is 0 Å². The number of esters is 1. The van der Waals surface area contributed by atoms with Gasteiger partial charge in [-0.2, -0.15) is 0 Å². The normalized spacial score (nSPS) is 19.2. The number of rotatable bonds is 6. The molecule has 0 aromatic rings. The lowest BCUT2D eigenvalue weighted by Gasteiger charge is -2.32. The number of carboxylic acid groups (broad SMARTS) is 1. The Balaban J connectivity index is 3.04. The summed E-state index contributed by atoms with van der Waals surface area (Å²) in [7, 11) is 1.26. The molecule has 1 atom stereocenters. The summed E-state index contributed by atoms with van der Waals surface area (Å²) >= 11 is 0. The van der Waals surface area contributed by atoms with E-state index in [0.29, 0.717) is 6.42 Å². The van der Waals surface area contributed by atoms with Crippen molar-refractivity contribution in [1.29, 1.82) is 0 Å². The number of hydrogen-bond acceptors (Lipinski definition) is 3. The Bertz CT molecular complexity index is 342. The molecule has 1 saturated carbocycles. The Morgan fingerprint density at radius 2 is 1.94 bits per heavy atom. The van der Waals surface area contributed by atoms with Crippen LogP contribution in [0.25, 0.3) is 0 Å². The number of carboxylic acids is 1.